The van der Waals surface area contributed by atoms with Crippen molar-refractivity contribution in [2.24, 2.45) is 0 Å². The van der Waals surface area contributed by atoms with Crippen molar-refractivity contribution in [3.63, 3.8) is 0 Å². The molecule has 0 saturated carbocycles. The predicted octanol–water partition coefficient (Wildman–Crippen LogP) is 3.76. The van der Waals surface area contributed by atoms with Crippen LogP contribution < -0.4 is 5.32 Å². The predicted molar refractivity (Wildman–Crippen MR) is 85.9 cm³/mol. The molecule has 106 valence electrons. The zero-order valence-electron chi connectivity index (χ0n) is 11.3. The molecular weight excluding hydrogens is 324 g/mol. The van der Waals surface area contributed by atoms with E-state index in [1.165, 1.54) is 37.9 Å². The average Bonchev–Trinajstić information content (AvgIpc) is 2.69. The van der Waals surface area contributed by atoms with Gasteiger partial charge in [-0.05, 0) is 43.9 Å². The summed E-state index contributed by atoms with van der Waals surface area (Å²) in [6.45, 7) is 4.77. The molecule has 0 aromatic heterocycles. The van der Waals surface area contributed by atoms with Gasteiger partial charge in [-0.1, -0.05) is 28.1 Å². The first-order chi connectivity index (χ1) is 8.72. The smallest absolute Gasteiger partial charge is 0.0320 e. The third kappa shape index (κ3) is 3.52. The lowest BCUT2D eigenvalue weighted by atomic mass is 10.0. The first kappa shape index (κ1) is 15.3. The molecule has 2 saturated heterocycles. The highest BCUT2D eigenvalue weighted by Gasteiger charge is 2.31. The van der Waals surface area contributed by atoms with Crippen LogP contribution in [0.1, 0.15) is 37.8 Å². The zero-order chi connectivity index (χ0) is 12.5. The van der Waals surface area contributed by atoms with Gasteiger partial charge in [-0.3, -0.25) is 4.90 Å². The number of hydrogen-bond donors (Lipinski definition) is 1. The molecule has 2 aliphatic rings. The third-order valence-electron chi connectivity index (χ3n) is 4.45. The van der Waals surface area contributed by atoms with Gasteiger partial charge in [0.25, 0.3) is 0 Å². The van der Waals surface area contributed by atoms with Crippen LogP contribution in [0.2, 0.25) is 0 Å². The molecule has 2 heterocycles. The van der Waals surface area contributed by atoms with Crippen molar-refractivity contribution in [1.82, 2.24) is 10.2 Å². The molecule has 0 radical (unpaired) electrons. The molecule has 2 nitrogen and oxygen atoms in total. The Balaban J connectivity index is 0.00000133. The second-order valence-electron chi connectivity index (χ2n) is 5.65. The van der Waals surface area contributed by atoms with Gasteiger partial charge in [-0.15, -0.1) is 12.4 Å². The molecule has 19 heavy (non-hydrogen) atoms. The van der Waals surface area contributed by atoms with Crippen molar-refractivity contribution in [3.8, 4) is 0 Å². The molecule has 1 aromatic rings. The van der Waals surface area contributed by atoms with Crippen LogP contribution in [0, 0.1) is 0 Å². The molecule has 3 rings (SSSR count). The average molecular weight is 346 g/mol. The Kier molecular flexibility index (Phi) is 5.29. The van der Waals surface area contributed by atoms with E-state index >= 15 is 0 Å². The van der Waals surface area contributed by atoms with E-state index in [2.05, 4.69) is 57.3 Å². The monoisotopic (exact) mass is 344 g/mol. The number of likely N-dealkylation sites (tertiary alicyclic amines) is 1. The summed E-state index contributed by atoms with van der Waals surface area (Å²) in [6.07, 6.45) is 4.04. The van der Waals surface area contributed by atoms with Gasteiger partial charge >= 0.3 is 0 Å². The van der Waals surface area contributed by atoms with Crippen LogP contribution in [0.5, 0.6) is 0 Å². The van der Waals surface area contributed by atoms with Crippen molar-refractivity contribution in [3.05, 3.63) is 34.3 Å². The van der Waals surface area contributed by atoms with Crippen molar-refractivity contribution < 1.29 is 0 Å². The summed E-state index contributed by atoms with van der Waals surface area (Å²) in [5.74, 6) is 0. The van der Waals surface area contributed by atoms with Gasteiger partial charge in [-0.25, -0.2) is 0 Å². The van der Waals surface area contributed by atoms with Crippen molar-refractivity contribution in [2.45, 2.75) is 44.3 Å². The van der Waals surface area contributed by atoms with Gasteiger partial charge in [0, 0.05) is 35.7 Å². The summed E-state index contributed by atoms with van der Waals surface area (Å²) < 4.78 is 1.16. The number of fused-ring (bicyclic) bond motifs is 2. The number of hydrogen-bond acceptors (Lipinski definition) is 2. The van der Waals surface area contributed by atoms with E-state index in [0.29, 0.717) is 6.04 Å². The Hall–Kier alpha value is -0.0900. The number of nitrogens with zero attached hydrogens (tertiary/aromatic N) is 1. The topological polar surface area (TPSA) is 15.3 Å². The van der Waals surface area contributed by atoms with Crippen LogP contribution in [0.15, 0.2) is 28.7 Å². The molecule has 0 aliphatic carbocycles. The maximum Gasteiger partial charge on any atom is 0.0320 e. The summed E-state index contributed by atoms with van der Waals surface area (Å²) in [4.78, 5) is 2.64. The van der Waals surface area contributed by atoms with Gasteiger partial charge in [0.1, 0.15) is 0 Å². The van der Waals surface area contributed by atoms with Crippen LogP contribution in [-0.4, -0.2) is 30.1 Å². The van der Waals surface area contributed by atoms with Crippen LogP contribution in [-0.2, 0) is 0 Å². The summed E-state index contributed by atoms with van der Waals surface area (Å²) in [5.41, 5.74) is 1.43. The van der Waals surface area contributed by atoms with Crippen molar-refractivity contribution in [2.75, 3.05) is 13.1 Å². The Morgan fingerprint density at radius 3 is 2.58 bits per heavy atom. The largest absolute Gasteiger partial charge is 0.310 e. The molecule has 2 fully saturated rings. The van der Waals surface area contributed by atoms with E-state index < -0.39 is 0 Å². The maximum atomic E-state index is 3.75. The van der Waals surface area contributed by atoms with Crippen LogP contribution in [0.25, 0.3) is 0 Å². The van der Waals surface area contributed by atoms with E-state index in [4.69, 9.17) is 0 Å². The highest BCUT2D eigenvalue weighted by Crippen LogP contribution is 2.27. The first-order valence-corrected chi connectivity index (χ1v) is 7.77. The van der Waals surface area contributed by atoms with Gasteiger partial charge in [0.2, 0.25) is 0 Å². The Bertz CT molecular complexity index is 409. The Morgan fingerprint density at radius 1 is 1.16 bits per heavy atom. The number of rotatable bonds is 2. The lowest BCUT2D eigenvalue weighted by Crippen LogP contribution is -2.36. The molecular formula is C15H22BrClN2. The number of nitrogens with one attached hydrogen (secondary N) is 1. The lowest BCUT2D eigenvalue weighted by Gasteiger charge is -2.30. The highest BCUT2D eigenvalue weighted by atomic mass is 79.9. The maximum absolute atomic E-state index is 3.75. The summed E-state index contributed by atoms with van der Waals surface area (Å²) >= 11 is 3.51. The van der Waals surface area contributed by atoms with E-state index in [1.807, 2.05) is 0 Å². The molecule has 2 aliphatic heterocycles. The standard InChI is InChI=1S/C15H21BrN2.ClH/c1-11(12-2-4-13(16)5-3-12)18-9-8-14-6-7-15(10-18)17-14;/h2-5,11,14-15,17H,6-10H2,1H3;1H. The summed E-state index contributed by atoms with van der Waals surface area (Å²) in [6, 6.07) is 10.8. The molecule has 3 atom stereocenters. The van der Waals surface area contributed by atoms with Crippen molar-refractivity contribution >= 4 is 28.3 Å². The fraction of sp³-hybridized carbons (Fsp3) is 0.600. The number of benzene rings is 1. The van der Waals surface area contributed by atoms with Gasteiger partial charge in [0.05, 0.1) is 0 Å². The normalized spacial score (nSPS) is 28.5. The van der Waals surface area contributed by atoms with Crippen LogP contribution >= 0.6 is 28.3 Å². The van der Waals surface area contributed by atoms with E-state index in [0.717, 1.165) is 16.6 Å². The summed E-state index contributed by atoms with van der Waals surface area (Å²) in [7, 11) is 0. The summed E-state index contributed by atoms with van der Waals surface area (Å²) in [5, 5.41) is 3.75. The third-order valence-corrected chi connectivity index (χ3v) is 4.98. The van der Waals surface area contributed by atoms with Gasteiger partial charge in [0.15, 0.2) is 0 Å². The van der Waals surface area contributed by atoms with E-state index in [1.54, 1.807) is 0 Å². The van der Waals surface area contributed by atoms with E-state index in [9.17, 15) is 0 Å². The minimum absolute atomic E-state index is 0. The highest BCUT2D eigenvalue weighted by molar-refractivity contribution is 9.10. The Labute approximate surface area is 130 Å². The zero-order valence-corrected chi connectivity index (χ0v) is 13.7. The molecule has 1 N–H and O–H groups in total. The van der Waals surface area contributed by atoms with Gasteiger partial charge in [-0.2, -0.15) is 0 Å². The molecule has 0 amide bonds. The lowest BCUT2D eigenvalue weighted by molar-refractivity contribution is 0.200. The minimum Gasteiger partial charge on any atom is -0.310 e. The molecule has 3 unspecified atom stereocenters. The Morgan fingerprint density at radius 2 is 1.84 bits per heavy atom. The second-order valence-corrected chi connectivity index (χ2v) is 6.56. The minimum atomic E-state index is 0. The molecule has 2 bridgehead atoms. The fourth-order valence-corrected chi connectivity index (χ4v) is 3.54. The van der Waals surface area contributed by atoms with Crippen LogP contribution in [0.3, 0.4) is 0 Å². The molecule has 0 spiro atoms. The number of halogens is 2. The molecule has 4 heteroatoms. The van der Waals surface area contributed by atoms with Crippen molar-refractivity contribution in [1.29, 1.82) is 0 Å². The quantitative estimate of drug-likeness (QED) is 0.878. The second kappa shape index (κ2) is 6.57. The van der Waals surface area contributed by atoms with E-state index in [-0.39, 0.29) is 12.4 Å². The van der Waals surface area contributed by atoms with Gasteiger partial charge < -0.3 is 5.32 Å². The molecule has 1 aromatic carbocycles. The van der Waals surface area contributed by atoms with Crippen LogP contribution in [0.4, 0.5) is 0 Å². The first-order valence-electron chi connectivity index (χ1n) is 6.98. The SMILES string of the molecule is CC(c1ccc(Br)cc1)N1CCC2CCC(C1)N2.Cl. The fourth-order valence-electron chi connectivity index (χ4n) is 3.27.